The van der Waals surface area contributed by atoms with Crippen molar-refractivity contribution in [3.8, 4) is 0 Å². The fraction of sp³-hybridized carbons (Fsp3) is 0.381. The summed E-state index contributed by atoms with van der Waals surface area (Å²) in [6, 6.07) is 7.89. The lowest BCUT2D eigenvalue weighted by molar-refractivity contribution is 0.0784. The van der Waals surface area contributed by atoms with Gasteiger partial charge in [0.2, 0.25) is 0 Å². The summed E-state index contributed by atoms with van der Waals surface area (Å²) in [7, 11) is 1.80. The highest BCUT2D eigenvalue weighted by atomic mass is 16.5. The van der Waals surface area contributed by atoms with Gasteiger partial charge in [-0.3, -0.25) is 9.78 Å². The topological polar surface area (TPSA) is 59.2 Å². The van der Waals surface area contributed by atoms with E-state index in [9.17, 15) is 4.79 Å². The van der Waals surface area contributed by atoms with Crippen LogP contribution in [0.1, 0.15) is 57.4 Å². The van der Waals surface area contributed by atoms with Crippen LogP contribution >= 0.6 is 0 Å². The van der Waals surface area contributed by atoms with E-state index in [1.807, 2.05) is 31.2 Å². The number of carbonyl (C=O) groups excluding carboxylic acids is 1. The van der Waals surface area contributed by atoms with Gasteiger partial charge in [0.15, 0.2) is 0 Å². The molecule has 0 bridgehead atoms. The lowest BCUT2D eigenvalue weighted by Gasteiger charge is -2.18. The van der Waals surface area contributed by atoms with E-state index in [-0.39, 0.29) is 5.91 Å². The monoisotopic (exact) mass is 349 g/mol. The van der Waals surface area contributed by atoms with Crippen molar-refractivity contribution in [3.05, 3.63) is 58.1 Å². The molecule has 2 heterocycles. The van der Waals surface area contributed by atoms with Crippen LogP contribution < -0.4 is 0 Å². The second-order valence-electron chi connectivity index (χ2n) is 7.37. The van der Waals surface area contributed by atoms with E-state index in [0.29, 0.717) is 18.0 Å². The number of benzene rings is 1. The van der Waals surface area contributed by atoms with Gasteiger partial charge >= 0.3 is 0 Å². The quantitative estimate of drug-likeness (QED) is 0.705. The first-order valence-corrected chi connectivity index (χ1v) is 9.02. The van der Waals surface area contributed by atoms with E-state index in [4.69, 9.17) is 4.52 Å². The number of nitrogens with zero attached hydrogens (tertiary/aromatic N) is 3. The van der Waals surface area contributed by atoms with Gasteiger partial charge in [-0.25, -0.2) is 0 Å². The summed E-state index contributed by atoms with van der Waals surface area (Å²) in [5.41, 5.74) is 5.53. The molecule has 1 aromatic carbocycles. The smallest absolute Gasteiger partial charge is 0.254 e. The number of rotatable bonds is 4. The maximum atomic E-state index is 13.1. The van der Waals surface area contributed by atoms with Crippen LogP contribution in [0, 0.1) is 20.8 Å². The van der Waals surface area contributed by atoms with Crippen LogP contribution in [-0.4, -0.2) is 28.0 Å². The average Bonchev–Trinajstić information content (AvgIpc) is 3.37. The van der Waals surface area contributed by atoms with E-state index in [2.05, 4.69) is 24.0 Å². The molecule has 0 aliphatic heterocycles. The number of amides is 1. The standard InChI is InChI=1S/C21H23N3O2/c1-12-5-8-17-18(9-13(2)22-20(17)14(12)3)21(25)24(4)11-16-10-19(26-23-16)15-6-7-15/h5,8-10,15H,6-7,11H2,1-4H3. The predicted octanol–water partition coefficient (Wildman–Crippen LogP) is 4.30. The molecule has 0 saturated heterocycles. The van der Waals surface area contributed by atoms with Crippen molar-refractivity contribution >= 4 is 16.8 Å². The number of pyridine rings is 1. The zero-order valence-corrected chi connectivity index (χ0v) is 15.7. The Morgan fingerprint density at radius 2 is 2.00 bits per heavy atom. The molecule has 5 nitrogen and oxygen atoms in total. The average molecular weight is 349 g/mol. The molecule has 0 radical (unpaired) electrons. The van der Waals surface area contributed by atoms with Crippen LogP contribution in [-0.2, 0) is 6.54 Å². The summed E-state index contributed by atoms with van der Waals surface area (Å²) in [5, 5.41) is 5.02. The molecule has 1 saturated carbocycles. The number of hydrogen-bond donors (Lipinski definition) is 0. The van der Waals surface area contributed by atoms with Crippen LogP contribution in [0.15, 0.2) is 28.8 Å². The summed E-state index contributed by atoms with van der Waals surface area (Å²) < 4.78 is 5.40. The Hall–Kier alpha value is -2.69. The Morgan fingerprint density at radius 3 is 2.73 bits per heavy atom. The molecule has 1 aliphatic rings. The van der Waals surface area contributed by atoms with Crippen LogP contribution in [0.4, 0.5) is 0 Å². The Morgan fingerprint density at radius 1 is 1.23 bits per heavy atom. The van der Waals surface area contributed by atoms with Gasteiger partial charge in [0.1, 0.15) is 11.5 Å². The van der Waals surface area contributed by atoms with E-state index in [1.54, 1.807) is 11.9 Å². The molecule has 0 spiro atoms. The lowest BCUT2D eigenvalue weighted by Crippen LogP contribution is -2.26. The van der Waals surface area contributed by atoms with E-state index in [0.717, 1.165) is 33.6 Å². The maximum Gasteiger partial charge on any atom is 0.254 e. The highest BCUT2D eigenvalue weighted by Crippen LogP contribution is 2.40. The first-order chi connectivity index (χ1) is 12.4. The third-order valence-corrected chi connectivity index (χ3v) is 5.17. The second kappa shape index (κ2) is 6.24. The van der Waals surface area contributed by atoms with E-state index in [1.165, 1.54) is 18.4 Å². The minimum atomic E-state index is -0.0280. The molecule has 4 rings (SSSR count). The van der Waals surface area contributed by atoms with Crippen LogP contribution in [0.25, 0.3) is 10.9 Å². The van der Waals surface area contributed by atoms with Crippen LogP contribution in [0.3, 0.4) is 0 Å². The number of aryl methyl sites for hydroxylation is 3. The SMILES string of the molecule is Cc1cc(C(=O)N(C)Cc2cc(C3CC3)on2)c2ccc(C)c(C)c2n1. The molecule has 26 heavy (non-hydrogen) atoms. The molecule has 1 amide bonds. The highest BCUT2D eigenvalue weighted by Gasteiger charge is 2.28. The Kier molecular flexibility index (Phi) is 4.02. The molecule has 2 aromatic heterocycles. The van der Waals surface area contributed by atoms with Crippen molar-refractivity contribution in [2.75, 3.05) is 7.05 Å². The van der Waals surface area contributed by atoms with Crippen molar-refractivity contribution in [1.82, 2.24) is 15.0 Å². The van der Waals surface area contributed by atoms with Crippen molar-refractivity contribution in [2.24, 2.45) is 0 Å². The molecule has 1 aliphatic carbocycles. The Balaban J connectivity index is 1.65. The van der Waals surface area contributed by atoms with Crippen molar-refractivity contribution < 1.29 is 9.32 Å². The summed E-state index contributed by atoms with van der Waals surface area (Å²) in [6.45, 7) is 6.48. The van der Waals surface area contributed by atoms with Crippen LogP contribution in [0.2, 0.25) is 0 Å². The number of carbonyl (C=O) groups is 1. The number of hydrogen-bond acceptors (Lipinski definition) is 4. The fourth-order valence-corrected chi connectivity index (χ4v) is 3.32. The summed E-state index contributed by atoms with van der Waals surface area (Å²) >= 11 is 0. The van der Waals surface area contributed by atoms with Crippen molar-refractivity contribution in [3.63, 3.8) is 0 Å². The van der Waals surface area contributed by atoms with Gasteiger partial charge in [0.25, 0.3) is 5.91 Å². The molecule has 5 heteroatoms. The normalized spacial score (nSPS) is 14.0. The zero-order chi connectivity index (χ0) is 18.4. The maximum absolute atomic E-state index is 13.1. The first-order valence-electron chi connectivity index (χ1n) is 9.02. The summed E-state index contributed by atoms with van der Waals surface area (Å²) in [5.74, 6) is 1.44. The van der Waals surface area contributed by atoms with Gasteiger partial charge in [0.05, 0.1) is 17.6 Å². The van der Waals surface area contributed by atoms with Gasteiger partial charge in [-0.1, -0.05) is 17.3 Å². The Bertz CT molecular complexity index is 1000. The van der Waals surface area contributed by atoms with Gasteiger partial charge < -0.3 is 9.42 Å². The zero-order valence-electron chi connectivity index (χ0n) is 15.7. The molecule has 0 N–H and O–H groups in total. The third-order valence-electron chi connectivity index (χ3n) is 5.17. The molecule has 1 fully saturated rings. The fourth-order valence-electron chi connectivity index (χ4n) is 3.32. The van der Waals surface area contributed by atoms with Gasteiger partial charge in [0, 0.05) is 30.1 Å². The number of aromatic nitrogens is 2. The highest BCUT2D eigenvalue weighted by molar-refractivity contribution is 6.06. The largest absolute Gasteiger partial charge is 0.361 e. The Labute approximate surface area is 153 Å². The van der Waals surface area contributed by atoms with Crippen molar-refractivity contribution in [2.45, 2.75) is 46.1 Å². The number of fused-ring (bicyclic) bond motifs is 1. The minimum absolute atomic E-state index is 0.0280. The molecule has 0 unspecified atom stereocenters. The molecular formula is C21H23N3O2. The molecule has 134 valence electrons. The summed E-state index contributed by atoms with van der Waals surface area (Å²) in [4.78, 5) is 19.5. The second-order valence-corrected chi connectivity index (χ2v) is 7.37. The molecule has 0 atom stereocenters. The van der Waals surface area contributed by atoms with Gasteiger partial charge in [-0.05, 0) is 50.8 Å². The predicted molar refractivity (Wildman–Crippen MR) is 100 cm³/mol. The van der Waals surface area contributed by atoms with E-state index >= 15 is 0 Å². The first kappa shape index (κ1) is 16.8. The van der Waals surface area contributed by atoms with Crippen LogP contribution in [0.5, 0.6) is 0 Å². The molecular weight excluding hydrogens is 326 g/mol. The van der Waals surface area contributed by atoms with Gasteiger partial charge in [-0.2, -0.15) is 0 Å². The third kappa shape index (κ3) is 2.98. The van der Waals surface area contributed by atoms with Crippen molar-refractivity contribution in [1.29, 1.82) is 0 Å². The summed E-state index contributed by atoms with van der Waals surface area (Å²) in [6.07, 6.45) is 2.34. The minimum Gasteiger partial charge on any atom is -0.361 e. The lowest BCUT2D eigenvalue weighted by atomic mass is 10.0. The van der Waals surface area contributed by atoms with E-state index < -0.39 is 0 Å². The van der Waals surface area contributed by atoms with Gasteiger partial charge in [-0.15, -0.1) is 0 Å². The molecule has 3 aromatic rings.